The molecule has 44 heavy (non-hydrogen) atoms. The van der Waals surface area contributed by atoms with E-state index in [9.17, 15) is 30.3 Å². The van der Waals surface area contributed by atoms with Crippen LogP contribution < -0.4 is 0 Å². The van der Waals surface area contributed by atoms with Crippen LogP contribution in [0, 0.1) is 30.3 Å². The van der Waals surface area contributed by atoms with Gasteiger partial charge in [-0.1, -0.05) is 91.0 Å². The number of benzene rings is 5. The van der Waals surface area contributed by atoms with Gasteiger partial charge in [-0.15, -0.1) is 0 Å². The molecule has 1 aromatic heterocycles. The number of aromatic nitrogens is 1. The van der Waals surface area contributed by atoms with Gasteiger partial charge in [-0.05, 0) is 51.2 Å². The van der Waals surface area contributed by atoms with Crippen molar-refractivity contribution in [1.82, 2.24) is 4.98 Å². The van der Waals surface area contributed by atoms with E-state index >= 15 is 0 Å². The summed E-state index contributed by atoms with van der Waals surface area (Å²) in [6.07, 6.45) is 1.87. The first-order chi connectivity index (χ1) is 21.3. The third-order valence-corrected chi connectivity index (χ3v) is 6.78. The second-order valence-electron chi connectivity index (χ2n) is 9.45. The fraction of sp³-hybridized carbons (Fsp3) is 0. The maximum absolute atomic E-state index is 10.4. The molecule has 0 aliphatic carbocycles. The molecular formula is C33H22N4O7. The molecule has 0 aliphatic heterocycles. The van der Waals surface area contributed by atoms with Crippen LogP contribution in [0.5, 0.6) is 5.75 Å². The molecule has 0 spiro atoms. The predicted molar refractivity (Wildman–Crippen MR) is 166 cm³/mol. The molecule has 0 fully saturated rings. The van der Waals surface area contributed by atoms with E-state index in [1.807, 2.05) is 12.3 Å². The first kappa shape index (κ1) is 29.0. The molecule has 0 bridgehead atoms. The second kappa shape index (κ2) is 12.6. The summed E-state index contributed by atoms with van der Waals surface area (Å²) in [5, 5.41) is 42.7. The maximum atomic E-state index is 10.4. The molecule has 1 N–H and O–H groups in total. The van der Waals surface area contributed by atoms with E-state index in [1.54, 1.807) is 0 Å². The highest BCUT2D eigenvalue weighted by atomic mass is 16.6. The number of nitro groups is 3. The zero-order chi connectivity index (χ0) is 31.2. The average Bonchev–Trinajstić information content (AvgIpc) is 3.05. The summed E-state index contributed by atoms with van der Waals surface area (Å²) in [4.78, 5) is 32.5. The number of phenols is 1. The highest BCUT2D eigenvalue weighted by Crippen LogP contribution is 2.44. The van der Waals surface area contributed by atoms with E-state index < -0.39 is 37.6 Å². The Labute approximate surface area is 249 Å². The number of phenolic OH excluding ortho intramolecular Hbond substituents is 1. The van der Waals surface area contributed by atoms with Gasteiger partial charge in [0.1, 0.15) is 0 Å². The number of hydrogen-bond donors (Lipinski definition) is 1. The van der Waals surface area contributed by atoms with Crippen molar-refractivity contribution in [3.05, 3.63) is 158 Å². The van der Waals surface area contributed by atoms with E-state index in [0.717, 1.165) is 5.69 Å². The van der Waals surface area contributed by atoms with Crippen molar-refractivity contribution in [2.45, 2.75) is 0 Å². The first-order valence-corrected chi connectivity index (χ1v) is 13.1. The third-order valence-electron chi connectivity index (χ3n) is 6.78. The molecule has 0 saturated carbocycles. The summed E-state index contributed by atoms with van der Waals surface area (Å²) in [7, 11) is 0. The Morgan fingerprint density at radius 2 is 1.11 bits per heavy atom. The zero-order valence-corrected chi connectivity index (χ0v) is 22.8. The first-order valence-electron chi connectivity index (χ1n) is 13.1. The molecule has 0 radical (unpaired) electrons. The number of hydrogen-bond acceptors (Lipinski definition) is 8. The van der Waals surface area contributed by atoms with Crippen LogP contribution in [0.15, 0.2) is 128 Å². The molecule has 11 heteroatoms. The minimum Gasteiger partial charge on any atom is -0.497 e. The summed E-state index contributed by atoms with van der Waals surface area (Å²) in [5.74, 6) is -1.21. The molecule has 6 rings (SSSR count). The zero-order valence-electron chi connectivity index (χ0n) is 22.8. The van der Waals surface area contributed by atoms with Gasteiger partial charge in [0.25, 0.3) is 11.4 Å². The molecule has 0 atom stereocenters. The topological polar surface area (TPSA) is 163 Å². The quantitative estimate of drug-likeness (QED) is 0.150. The van der Waals surface area contributed by atoms with Crippen molar-refractivity contribution >= 4 is 27.8 Å². The summed E-state index contributed by atoms with van der Waals surface area (Å²) in [6, 6.07) is 39.1. The lowest BCUT2D eigenvalue weighted by atomic mass is 9.85. The minimum absolute atomic E-state index is 0.447. The van der Waals surface area contributed by atoms with Crippen molar-refractivity contribution in [2.24, 2.45) is 0 Å². The molecule has 0 aliphatic rings. The molecule has 6 aromatic rings. The van der Waals surface area contributed by atoms with Crippen LogP contribution in [0.1, 0.15) is 0 Å². The summed E-state index contributed by atoms with van der Waals surface area (Å²) < 4.78 is 0. The fourth-order valence-electron chi connectivity index (χ4n) is 4.85. The number of nitrogens with zero attached hydrogens (tertiary/aromatic N) is 4. The number of non-ortho nitro benzene ring substituents is 1. The standard InChI is InChI=1S/C27H19N.C6H3N3O7/c1-3-11-20(12-4-1)24-19-22-15-7-8-16-23(22)27(25-17-9-10-18-28-25)26(24)21-13-5-2-6-14-21;10-6-4(8(13)14)1-3(7(11)12)2-5(6)9(15)16/h1-19H;1-2,10H. The van der Waals surface area contributed by atoms with Crippen LogP contribution in [0.4, 0.5) is 17.1 Å². The van der Waals surface area contributed by atoms with Gasteiger partial charge in [-0.3, -0.25) is 35.3 Å². The number of rotatable bonds is 6. The van der Waals surface area contributed by atoms with Crippen molar-refractivity contribution in [3.8, 4) is 39.3 Å². The van der Waals surface area contributed by atoms with Crippen molar-refractivity contribution in [2.75, 3.05) is 0 Å². The lowest BCUT2D eigenvalue weighted by Gasteiger charge is -2.19. The Balaban J connectivity index is 0.000000206. The largest absolute Gasteiger partial charge is 0.497 e. The number of aromatic hydroxyl groups is 1. The number of nitro benzene ring substituents is 3. The SMILES string of the molecule is O=[N+]([O-])c1cc([N+](=O)[O-])c(O)c([N+](=O)[O-])c1.c1ccc(-c2cc3ccccc3c(-c3ccccn3)c2-c2ccccc2)cc1. The predicted octanol–water partition coefficient (Wildman–Crippen LogP) is 8.35. The van der Waals surface area contributed by atoms with Crippen LogP contribution in [-0.2, 0) is 0 Å². The molecule has 11 nitrogen and oxygen atoms in total. The molecule has 216 valence electrons. The van der Waals surface area contributed by atoms with E-state index in [0.29, 0.717) is 12.1 Å². The highest BCUT2D eigenvalue weighted by molar-refractivity contribution is 6.09. The molecule has 5 aromatic carbocycles. The molecule has 0 unspecified atom stereocenters. The van der Waals surface area contributed by atoms with Gasteiger partial charge in [0.15, 0.2) is 0 Å². The van der Waals surface area contributed by atoms with Crippen LogP contribution in [0.3, 0.4) is 0 Å². The van der Waals surface area contributed by atoms with E-state index in [4.69, 9.17) is 10.1 Å². The molecule has 1 heterocycles. The van der Waals surface area contributed by atoms with Gasteiger partial charge in [-0.2, -0.15) is 0 Å². The van der Waals surface area contributed by atoms with Gasteiger partial charge in [0.2, 0.25) is 0 Å². The van der Waals surface area contributed by atoms with Gasteiger partial charge in [-0.25, -0.2) is 0 Å². The lowest BCUT2D eigenvalue weighted by Crippen LogP contribution is -1.97. The summed E-state index contributed by atoms with van der Waals surface area (Å²) >= 11 is 0. The monoisotopic (exact) mass is 586 g/mol. The van der Waals surface area contributed by atoms with E-state index in [2.05, 4.69) is 103 Å². The van der Waals surface area contributed by atoms with E-state index in [-0.39, 0.29) is 0 Å². The molecule has 0 saturated heterocycles. The van der Waals surface area contributed by atoms with Crippen LogP contribution in [-0.4, -0.2) is 24.9 Å². The number of fused-ring (bicyclic) bond motifs is 1. The Morgan fingerprint density at radius 1 is 0.568 bits per heavy atom. The van der Waals surface area contributed by atoms with Crippen LogP contribution in [0.25, 0.3) is 44.3 Å². The average molecular weight is 587 g/mol. The Hall–Kier alpha value is -6.49. The third kappa shape index (κ3) is 5.92. The second-order valence-corrected chi connectivity index (χ2v) is 9.45. The fourth-order valence-corrected chi connectivity index (χ4v) is 4.85. The van der Waals surface area contributed by atoms with Gasteiger partial charge < -0.3 is 5.11 Å². The van der Waals surface area contributed by atoms with Gasteiger partial charge >= 0.3 is 11.4 Å². The van der Waals surface area contributed by atoms with Gasteiger partial charge in [0, 0.05) is 11.8 Å². The number of pyridine rings is 1. The van der Waals surface area contributed by atoms with Crippen LogP contribution in [0.2, 0.25) is 0 Å². The Bertz CT molecular complexity index is 1970. The normalized spacial score (nSPS) is 10.5. The Morgan fingerprint density at radius 3 is 1.66 bits per heavy atom. The summed E-state index contributed by atoms with van der Waals surface area (Å²) in [5.41, 5.74) is 4.05. The van der Waals surface area contributed by atoms with E-state index in [1.165, 1.54) is 38.6 Å². The molecular weight excluding hydrogens is 564 g/mol. The molecule has 0 amide bonds. The van der Waals surface area contributed by atoms with Crippen LogP contribution >= 0.6 is 0 Å². The summed E-state index contributed by atoms with van der Waals surface area (Å²) in [6.45, 7) is 0. The van der Waals surface area contributed by atoms with Crippen molar-refractivity contribution in [1.29, 1.82) is 0 Å². The van der Waals surface area contributed by atoms with Crippen molar-refractivity contribution in [3.63, 3.8) is 0 Å². The highest BCUT2D eigenvalue weighted by Gasteiger charge is 2.30. The minimum atomic E-state index is -1.21. The lowest BCUT2D eigenvalue weighted by molar-refractivity contribution is -0.404. The van der Waals surface area contributed by atoms with Gasteiger partial charge in [0.05, 0.1) is 32.6 Å². The smallest absolute Gasteiger partial charge is 0.324 e. The maximum Gasteiger partial charge on any atom is 0.324 e. The Kier molecular flexibility index (Phi) is 8.29. The van der Waals surface area contributed by atoms with Crippen molar-refractivity contribution < 1.29 is 19.9 Å².